The number of primary sulfonamides is 1. The lowest BCUT2D eigenvalue weighted by molar-refractivity contribution is 0.598. The van der Waals surface area contributed by atoms with Gasteiger partial charge in [-0.25, -0.2) is 17.9 Å². The highest BCUT2D eigenvalue weighted by Crippen LogP contribution is 2.26. The van der Waals surface area contributed by atoms with Crippen molar-refractivity contribution in [2.24, 2.45) is 5.14 Å². The van der Waals surface area contributed by atoms with Crippen LogP contribution in [0.15, 0.2) is 47.4 Å². The Hall–Kier alpha value is -1.63. The fraction of sp³-hybridized carbons (Fsp3) is 0. The highest BCUT2D eigenvalue weighted by Gasteiger charge is 2.13. The van der Waals surface area contributed by atoms with Gasteiger partial charge in [0.1, 0.15) is 10.7 Å². The summed E-state index contributed by atoms with van der Waals surface area (Å²) in [5.74, 6) is -0.549. The van der Waals surface area contributed by atoms with E-state index in [1.54, 1.807) is 18.2 Å². The molecule has 0 bridgehead atoms. The van der Waals surface area contributed by atoms with Crippen molar-refractivity contribution < 1.29 is 12.8 Å². The number of hydrogen-bond donors (Lipinski definition) is 2. The highest BCUT2D eigenvalue weighted by molar-refractivity contribution is 7.89. The molecule has 0 aliphatic carbocycles. The van der Waals surface area contributed by atoms with Crippen LogP contribution in [0.5, 0.6) is 0 Å². The van der Waals surface area contributed by atoms with Gasteiger partial charge < -0.3 is 5.32 Å². The van der Waals surface area contributed by atoms with Gasteiger partial charge in [-0.1, -0.05) is 23.7 Å². The first kappa shape index (κ1) is 13.8. The average Bonchev–Trinajstić information content (AvgIpc) is 2.33. The Morgan fingerprint density at radius 1 is 1.16 bits per heavy atom. The van der Waals surface area contributed by atoms with Gasteiger partial charge >= 0.3 is 0 Å². The van der Waals surface area contributed by atoms with Gasteiger partial charge in [-0.3, -0.25) is 0 Å². The van der Waals surface area contributed by atoms with Gasteiger partial charge in [0.25, 0.3) is 0 Å². The minimum Gasteiger partial charge on any atom is -0.354 e. The lowest BCUT2D eigenvalue weighted by atomic mass is 10.2. The molecular formula is C12H10ClFN2O2S. The van der Waals surface area contributed by atoms with Gasteiger partial charge in [0.15, 0.2) is 0 Å². The molecule has 100 valence electrons. The Balaban J connectivity index is 2.41. The van der Waals surface area contributed by atoms with Gasteiger partial charge in [0.05, 0.1) is 10.7 Å². The largest absolute Gasteiger partial charge is 0.354 e. The molecule has 0 atom stereocenters. The van der Waals surface area contributed by atoms with Crippen LogP contribution < -0.4 is 10.5 Å². The SMILES string of the molecule is NS(=O)(=O)c1ccccc1Nc1ccc(F)c(Cl)c1. The van der Waals surface area contributed by atoms with E-state index in [0.29, 0.717) is 11.4 Å². The highest BCUT2D eigenvalue weighted by atomic mass is 35.5. The lowest BCUT2D eigenvalue weighted by Gasteiger charge is -2.10. The molecule has 0 heterocycles. The monoisotopic (exact) mass is 300 g/mol. The zero-order valence-electron chi connectivity index (χ0n) is 9.60. The number of rotatable bonds is 3. The van der Waals surface area contributed by atoms with E-state index >= 15 is 0 Å². The van der Waals surface area contributed by atoms with Crippen molar-refractivity contribution in [2.45, 2.75) is 4.90 Å². The van der Waals surface area contributed by atoms with E-state index in [-0.39, 0.29) is 9.92 Å². The summed E-state index contributed by atoms with van der Waals surface area (Å²) in [6.45, 7) is 0. The summed E-state index contributed by atoms with van der Waals surface area (Å²) in [6, 6.07) is 10.1. The molecule has 0 aromatic heterocycles. The fourth-order valence-corrected chi connectivity index (χ4v) is 2.42. The van der Waals surface area contributed by atoms with Crippen LogP contribution >= 0.6 is 11.6 Å². The average molecular weight is 301 g/mol. The minimum absolute atomic E-state index is 0.0459. The van der Waals surface area contributed by atoms with Crippen LogP contribution in [0, 0.1) is 5.82 Å². The molecule has 2 rings (SSSR count). The van der Waals surface area contributed by atoms with Crippen molar-refractivity contribution in [1.82, 2.24) is 0 Å². The molecule has 2 aromatic rings. The summed E-state index contributed by atoms with van der Waals surface area (Å²) in [6.07, 6.45) is 0. The smallest absolute Gasteiger partial charge is 0.240 e. The van der Waals surface area contributed by atoms with E-state index in [4.69, 9.17) is 16.7 Å². The third-order valence-corrected chi connectivity index (χ3v) is 3.65. The fourth-order valence-electron chi connectivity index (χ4n) is 1.55. The molecule has 0 unspecified atom stereocenters. The van der Waals surface area contributed by atoms with Crippen LogP contribution in [0.2, 0.25) is 5.02 Å². The number of benzene rings is 2. The molecule has 0 aliphatic rings. The van der Waals surface area contributed by atoms with Crippen molar-refractivity contribution in [3.63, 3.8) is 0 Å². The minimum atomic E-state index is -3.84. The summed E-state index contributed by atoms with van der Waals surface area (Å²) in [4.78, 5) is -0.0459. The summed E-state index contributed by atoms with van der Waals surface area (Å²) in [5, 5.41) is 7.89. The molecule has 0 amide bonds. The zero-order valence-corrected chi connectivity index (χ0v) is 11.2. The predicted molar refractivity (Wildman–Crippen MR) is 72.5 cm³/mol. The van der Waals surface area contributed by atoms with Crippen molar-refractivity contribution in [3.05, 3.63) is 53.3 Å². The molecule has 0 radical (unpaired) electrons. The van der Waals surface area contributed by atoms with Crippen LogP contribution in [-0.2, 0) is 10.0 Å². The Morgan fingerprint density at radius 3 is 2.47 bits per heavy atom. The number of nitrogens with one attached hydrogen (secondary N) is 1. The topological polar surface area (TPSA) is 72.2 Å². The summed E-state index contributed by atoms with van der Waals surface area (Å²) >= 11 is 5.65. The number of anilines is 2. The first-order chi connectivity index (χ1) is 8.88. The molecule has 3 N–H and O–H groups in total. The van der Waals surface area contributed by atoms with E-state index in [9.17, 15) is 12.8 Å². The number of nitrogens with two attached hydrogens (primary N) is 1. The third-order valence-electron chi connectivity index (χ3n) is 2.39. The molecule has 0 fully saturated rings. The zero-order chi connectivity index (χ0) is 14.0. The van der Waals surface area contributed by atoms with E-state index in [1.807, 2.05) is 0 Å². The Kier molecular flexibility index (Phi) is 3.75. The first-order valence-corrected chi connectivity index (χ1v) is 7.14. The summed E-state index contributed by atoms with van der Waals surface area (Å²) in [7, 11) is -3.84. The molecule has 2 aromatic carbocycles. The van der Waals surface area contributed by atoms with Gasteiger partial charge in [0.2, 0.25) is 10.0 Å². The maximum Gasteiger partial charge on any atom is 0.240 e. The first-order valence-electron chi connectivity index (χ1n) is 5.22. The van der Waals surface area contributed by atoms with E-state index in [2.05, 4.69) is 5.32 Å². The molecule has 0 saturated carbocycles. The molecule has 4 nitrogen and oxygen atoms in total. The second-order valence-electron chi connectivity index (χ2n) is 3.80. The van der Waals surface area contributed by atoms with E-state index in [0.717, 1.165) is 0 Å². The molecule has 19 heavy (non-hydrogen) atoms. The number of para-hydroxylation sites is 1. The Bertz CT molecular complexity index is 719. The van der Waals surface area contributed by atoms with Gasteiger partial charge in [-0.05, 0) is 30.3 Å². The van der Waals surface area contributed by atoms with Crippen molar-refractivity contribution in [3.8, 4) is 0 Å². The van der Waals surface area contributed by atoms with E-state index < -0.39 is 15.8 Å². The second-order valence-corrected chi connectivity index (χ2v) is 5.73. The van der Waals surface area contributed by atoms with Crippen LogP contribution in [0.4, 0.5) is 15.8 Å². The maximum absolute atomic E-state index is 13.0. The predicted octanol–water partition coefficient (Wildman–Crippen LogP) is 2.87. The quantitative estimate of drug-likeness (QED) is 0.915. The van der Waals surface area contributed by atoms with Gasteiger partial charge in [-0.2, -0.15) is 0 Å². The molecule has 0 spiro atoms. The van der Waals surface area contributed by atoms with Crippen molar-refractivity contribution in [1.29, 1.82) is 0 Å². The lowest BCUT2D eigenvalue weighted by Crippen LogP contribution is -2.14. The second kappa shape index (κ2) is 5.16. The molecule has 7 heteroatoms. The van der Waals surface area contributed by atoms with Crippen LogP contribution in [-0.4, -0.2) is 8.42 Å². The molecule has 0 aliphatic heterocycles. The summed E-state index contributed by atoms with van der Waals surface area (Å²) < 4.78 is 35.9. The standard InChI is InChI=1S/C12H10ClFN2O2S/c13-9-7-8(5-6-10(9)14)16-11-3-1-2-4-12(11)19(15,17)18/h1-7,16H,(H2,15,17,18). The Labute approximate surface area is 115 Å². The molecule has 0 saturated heterocycles. The van der Waals surface area contributed by atoms with Crippen molar-refractivity contribution >= 4 is 33.0 Å². The Morgan fingerprint density at radius 2 is 1.84 bits per heavy atom. The van der Waals surface area contributed by atoms with Crippen LogP contribution in [0.25, 0.3) is 0 Å². The number of halogens is 2. The maximum atomic E-state index is 13.0. The normalized spacial score (nSPS) is 11.3. The number of hydrogen-bond acceptors (Lipinski definition) is 3. The number of sulfonamides is 1. The van der Waals surface area contributed by atoms with E-state index in [1.165, 1.54) is 24.3 Å². The van der Waals surface area contributed by atoms with Crippen LogP contribution in [0.3, 0.4) is 0 Å². The molecular weight excluding hydrogens is 291 g/mol. The van der Waals surface area contributed by atoms with Gasteiger partial charge in [-0.15, -0.1) is 0 Å². The van der Waals surface area contributed by atoms with Gasteiger partial charge in [0, 0.05) is 5.69 Å². The summed E-state index contributed by atoms with van der Waals surface area (Å²) in [5.41, 5.74) is 0.759. The van der Waals surface area contributed by atoms with Crippen LogP contribution in [0.1, 0.15) is 0 Å². The third kappa shape index (κ3) is 3.23. The van der Waals surface area contributed by atoms with Crippen molar-refractivity contribution in [2.75, 3.05) is 5.32 Å².